The summed E-state index contributed by atoms with van der Waals surface area (Å²) in [5.41, 5.74) is 0. The highest BCUT2D eigenvalue weighted by molar-refractivity contribution is 5.77. The summed E-state index contributed by atoms with van der Waals surface area (Å²) < 4.78 is 0. The molecule has 0 aromatic carbocycles. The van der Waals surface area contributed by atoms with Crippen molar-refractivity contribution in [1.82, 2.24) is 14.7 Å². The molecule has 0 aliphatic carbocycles. The van der Waals surface area contributed by atoms with Crippen LogP contribution in [0, 0.1) is 5.92 Å². The third kappa shape index (κ3) is 2.76. The quantitative estimate of drug-likeness (QED) is 0.700. The fourth-order valence-corrected chi connectivity index (χ4v) is 2.68. The molecular formula is C13H23N3O2. The van der Waals surface area contributed by atoms with E-state index in [2.05, 4.69) is 6.92 Å². The van der Waals surface area contributed by atoms with Crippen molar-refractivity contribution in [2.24, 2.45) is 5.92 Å². The maximum absolute atomic E-state index is 12.2. The minimum Gasteiger partial charge on any atom is -0.339 e. The second-order valence-electron chi connectivity index (χ2n) is 5.34. The average molecular weight is 253 g/mol. The second-order valence-corrected chi connectivity index (χ2v) is 5.34. The summed E-state index contributed by atoms with van der Waals surface area (Å²) in [6.45, 7) is 8.55. The fourth-order valence-electron chi connectivity index (χ4n) is 2.68. The van der Waals surface area contributed by atoms with E-state index in [0.29, 0.717) is 38.5 Å². The minimum absolute atomic E-state index is 0.156. The second kappa shape index (κ2) is 5.59. The molecule has 1 unspecified atom stereocenters. The molecule has 2 aliphatic heterocycles. The lowest BCUT2D eigenvalue weighted by Crippen LogP contribution is -2.53. The number of hydrogen-bond donors (Lipinski definition) is 0. The van der Waals surface area contributed by atoms with Crippen LogP contribution in [0.5, 0.6) is 0 Å². The van der Waals surface area contributed by atoms with Crippen LogP contribution in [0.15, 0.2) is 0 Å². The van der Waals surface area contributed by atoms with Gasteiger partial charge in [0.15, 0.2) is 0 Å². The van der Waals surface area contributed by atoms with Crippen LogP contribution in [0.2, 0.25) is 0 Å². The van der Waals surface area contributed by atoms with E-state index in [0.717, 1.165) is 19.5 Å². The molecule has 2 saturated heterocycles. The van der Waals surface area contributed by atoms with Crippen molar-refractivity contribution in [2.45, 2.75) is 26.7 Å². The Balaban J connectivity index is 1.82. The van der Waals surface area contributed by atoms with Gasteiger partial charge in [0.2, 0.25) is 5.91 Å². The highest BCUT2D eigenvalue weighted by atomic mass is 16.2. The Morgan fingerprint density at radius 2 is 1.61 bits per heavy atom. The Bertz CT molecular complexity index is 324. The van der Waals surface area contributed by atoms with Gasteiger partial charge in [0, 0.05) is 45.7 Å². The molecule has 0 aromatic heterocycles. The maximum atomic E-state index is 12.2. The van der Waals surface area contributed by atoms with E-state index < -0.39 is 0 Å². The fraction of sp³-hybridized carbons (Fsp3) is 0.846. The monoisotopic (exact) mass is 253 g/mol. The molecule has 2 fully saturated rings. The van der Waals surface area contributed by atoms with E-state index in [1.54, 1.807) is 0 Å². The Labute approximate surface area is 109 Å². The lowest BCUT2D eigenvalue weighted by molar-refractivity contribution is -0.132. The van der Waals surface area contributed by atoms with Crippen LogP contribution in [0.3, 0.4) is 0 Å². The lowest BCUT2D eigenvalue weighted by Gasteiger charge is -2.36. The highest BCUT2D eigenvalue weighted by Crippen LogP contribution is 2.17. The molecule has 5 nitrogen and oxygen atoms in total. The average Bonchev–Trinajstić information content (AvgIpc) is 2.84. The zero-order valence-corrected chi connectivity index (χ0v) is 11.4. The smallest absolute Gasteiger partial charge is 0.320 e. The van der Waals surface area contributed by atoms with Gasteiger partial charge in [0.1, 0.15) is 0 Å². The van der Waals surface area contributed by atoms with Crippen LogP contribution in [0.1, 0.15) is 26.7 Å². The molecule has 5 heteroatoms. The van der Waals surface area contributed by atoms with Crippen molar-refractivity contribution in [1.29, 1.82) is 0 Å². The zero-order valence-electron chi connectivity index (χ0n) is 11.4. The molecule has 0 bridgehead atoms. The largest absolute Gasteiger partial charge is 0.339 e. The van der Waals surface area contributed by atoms with Gasteiger partial charge in [-0.15, -0.1) is 0 Å². The Morgan fingerprint density at radius 1 is 1.00 bits per heavy atom. The summed E-state index contributed by atoms with van der Waals surface area (Å²) in [5.74, 6) is 0.814. The number of likely N-dealkylation sites (tertiary alicyclic amines) is 1. The molecule has 1 atom stereocenters. The Morgan fingerprint density at radius 3 is 2.11 bits per heavy atom. The summed E-state index contributed by atoms with van der Waals surface area (Å²) in [6.07, 6.45) is 1.66. The molecule has 0 saturated carbocycles. The normalized spacial score (nSPS) is 24.6. The number of piperazine rings is 1. The predicted molar refractivity (Wildman–Crippen MR) is 69.2 cm³/mol. The molecular weight excluding hydrogens is 230 g/mol. The van der Waals surface area contributed by atoms with Crippen molar-refractivity contribution >= 4 is 11.9 Å². The van der Waals surface area contributed by atoms with Gasteiger partial charge in [-0.25, -0.2) is 4.79 Å². The van der Waals surface area contributed by atoms with Crippen LogP contribution in [-0.4, -0.2) is 65.9 Å². The molecule has 2 heterocycles. The molecule has 2 rings (SSSR count). The Hall–Kier alpha value is -1.26. The third-order valence-electron chi connectivity index (χ3n) is 3.90. The van der Waals surface area contributed by atoms with Gasteiger partial charge in [0.25, 0.3) is 0 Å². The first-order valence-corrected chi connectivity index (χ1v) is 6.93. The van der Waals surface area contributed by atoms with Gasteiger partial charge >= 0.3 is 6.03 Å². The van der Waals surface area contributed by atoms with Gasteiger partial charge in [0.05, 0.1) is 0 Å². The number of rotatable bonds is 1. The van der Waals surface area contributed by atoms with Crippen molar-refractivity contribution < 1.29 is 9.59 Å². The zero-order chi connectivity index (χ0) is 13.1. The van der Waals surface area contributed by atoms with Crippen LogP contribution in [0.25, 0.3) is 0 Å². The number of urea groups is 1. The van der Waals surface area contributed by atoms with Crippen molar-refractivity contribution in [3.63, 3.8) is 0 Å². The molecule has 0 radical (unpaired) electrons. The molecule has 18 heavy (non-hydrogen) atoms. The van der Waals surface area contributed by atoms with Gasteiger partial charge < -0.3 is 14.7 Å². The standard InChI is InChI=1S/C13H23N3O2/c1-3-12(17)14-6-8-15(9-7-14)13(18)16-5-4-11(2)10-16/h11H,3-10H2,1-2H3. The number of hydrogen-bond acceptors (Lipinski definition) is 2. The molecule has 3 amide bonds. The molecule has 2 aliphatic rings. The highest BCUT2D eigenvalue weighted by Gasteiger charge is 2.29. The number of amides is 3. The van der Waals surface area contributed by atoms with Crippen LogP contribution < -0.4 is 0 Å². The molecule has 0 N–H and O–H groups in total. The number of carbonyl (C=O) groups excluding carboxylic acids is 2. The summed E-state index contributed by atoms with van der Waals surface area (Å²) in [7, 11) is 0. The molecule has 102 valence electrons. The number of carbonyl (C=O) groups is 2. The SMILES string of the molecule is CCC(=O)N1CCN(C(=O)N2CCC(C)C2)CC1. The van der Waals surface area contributed by atoms with Crippen LogP contribution >= 0.6 is 0 Å². The molecule has 0 aromatic rings. The summed E-state index contributed by atoms with van der Waals surface area (Å²) in [6, 6.07) is 0.156. The first kappa shape index (κ1) is 13.2. The molecule has 0 spiro atoms. The first-order valence-electron chi connectivity index (χ1n) is 6.93. The van der Waals surface area contributed by atoms with E-state index in [1.807, 2.05) is 21.6 Å². The van der Waals surface area contributed by atoms with Crippen LogP contribution in [0.4, 0.5) is 4.79 Å². The van der Waals surface area contributed by atoms with Gasteiger partial charge in [-0.1, -0.05) is 13.8 Å². The van der Waals surface area contributed by atoms with Gasteiger partial charge in [-0.3, -0.25) is 4.79 Å². The van der Waals surface area contributed by atoms with E-state index in [-0.39, 0.29) is 11.9 Å². The lowest BCUT2D eigenvalue weighted by atomic mass is 10.2. The van der Waals surface area contributed by atoms with Crippen molar-refractivity contribution in [3.05, 3.63) is 0 Å². The summed E-state index contributed by atoms with van der Waals surface area (Å²) in [4.78, 5) is 29.5. The van der Waals surface area contributed by atoms with E-state index in [9.17, 15) is 9.59 Å². The topological polar surface area (TPSA) is 43.9 Å². The third-order valence-corrected chi connectivity index (χ3v) is 3.90. The summed E-state index contributed by atoms with van der Waals surface area (Å²) in [5, 5.41) is 0. The Kier molecular flexibility index (Phi) is 4.09. The van der Waals surface area contributed by atoms with Crippen molar-refractivity contribution in [2.75, 3.05) is 39.3 Å². The maximum Gasteiger partial charge on any atom is 0.320 e. The van der Waals surface area contributed by atoms with E-state index in [1.165, 1.54) is 0 Å². The van der Waals surface area contributed by atoms with E-state index >= 15 is 0 Å². The first-order chi connectivity index (χ1) is 8.61. The predicted octanol–water partition coefficient (Wildman–Crippen LogP) is 1.00. The van der Waals surface area contributed by atoms with E-state index in [4.69, 9.17) is 0 Å². The minimum atomic E-state index is 0.156. The van der Waals surface area contributed by atoms with Gasteiger partial charge in [-0.05, 0) is 12.3 Å². The number of nitrogens with zero attached hydrogens (tertiary/aromatic N) is 3. The summed E-state index contributed by atoms with van der Waals surface area (Å²) >= 11 is 0. The van der Waals surface area contributed by atoms with Crippen LogP contribution in [-0.2, 0) is 4.79 Å². The van der Waals surface area contributed by atoms with Crippen molar-refractivity contribution in [3.8, 4) is 0 Å². The van der Waals surface area contributed by atoms with Gasteiger partial charge in [-0.2, -0.15) is 0 Å².